The van der Waals surface area contributed by atoms with Crippen LogP contribution in [0.15, 0.2) is 108 Å². The summed E-state index contributed by atoms with van der Waals surface area (Å²) >= 11 is 0. The molecule has 3 aromatic carbocycles. The van der Waals surface area contributed by atoms with Gasteiger partial charge in [-0.2, -0.15) is 15.3 Å². The first-order valence-electron chi connectivity index (χ1n) is 11.3. The number of benzene rings is 3. The van der Waals surface area contributed by atoms with Crippen molar-refractivity contribution in [2.24, 2.45) is 20.4 Å². The van der Waals surface area contributed by atoms with Crippen LogP contribution in [0.4, 0.5) is 0 Å². The highest BCUT2D eigenvalue weighted by Crippen LogP contribution is 2.11. The summed E-state index contributed by atoms with van der Waals surface area (Å²) in [5.74, 6) is 0.0111. The van der Waals surface area contributed by atoms with Gasteiger partial charge in [0.1, 0.15) is 0 Å². The van der Waals surface area contributed by atoms with E-state index in [0.717, 1.165) is 18.8 Å². The number of nitrogens with one attached hydrogen (secondary N) is 2. The molecular weight excluding hydrogens is 612 g/mol. The van der Waals surface area contributed by atoms with E-state index in [1.165, 1.54) is 55.0 Å². The van der Waals surface area contributed by atoms with E-state index in [1.54, 1.807) is 36.4 Å². The number of hydrogen-bond acceptors (Lipinski definition) is 10. The zero-order valence-corrected chi connectivity index (χ0v) is 25.3. The largest absolute Gasteiger partial charge is 0.257 e. The molecule has 0 aliphatic rings. The van der Waals surface area contributed by atoms with Gasteiger partial charge in [-0.25, -0.2) is 36.1 Å². The second kappa shape index (κ2) is 14.1. The van der Waals surface area contributed by atoms with Crippen LogP contribution >= 0.6 is 12.4 Å². The molecule has 41 heavy (non-hydrogen) atoms. The first-order valence-corrected chi connectivity index (χ1v) is 17.0. The Bertz CT molecular complexity index is 1700. The summed E-state index contributed by atoms with van der Waals surface area (Å²) in [4.78, 5) is 0.536. The molecule has 0 radical (unpaired) electrons. The summed E-state index contributed by atoms with van der Waals surface area (Å²) in [6.07, 6.45) is 7.62. The van der Waals surface area contributed by atoms with Gasteiger partial charge in [0.15, 0.2) is 29.5 Å². The zero-order valence-electron chi connectivity index (χ0n) is 22.0. The average molecular weight is 639 g/mol. The van der Waals surface area contributed by atoms with Crippen LogP contribution in [-0.2, 0) is 29.5 Å². The van der Waals surface area contributed by atoms with Gasteiger partial charge in [0.05, 0.1) is 33.3 Å². The molecule has 0 unspecified atom stereocenters. The van der Waals surface area contributed by atoms with Crippen molar-refractivity contribution in [2.45, 2.75) is 14.7 Å². The molecule has 0 amide bonds. The fraction of sp³-hybridized carbons (Fsp3) is 0.120. The van der Waals surface area contributed by atoms with E-state index >= 15 is 0 Å². The minimum Gasteiger partial charge on any atom is -0.244 e. The van der Waals surface area contributed by atoms with E-state index in [-0.39, 0.29) is 33.1 Å². The highest BCUT2D eigenvalue weighted by molar-refractivity contribution is 7.91. The number of sulfone groups is 3. The van der Waals surface area contributed by atoms with Gasteiger partial charge in [0, 0.05) is 18.8 Å². The third-order valence-electron chi connectivity index (χ3n) is 5.06. The van der Waals surface area contributed by atoms with Gasteiger partial charge >= 0.3 is 0 Å². The molecule has 2 N–H and O–H groups in total. The number of nitrogens with zero attached hydrogens (tertiary/aromatic N) is 4. The quantitative estimate of drug-likeness (QED) is 0.204. The summed E-state index contributed by atoms with van der Waals surface area (Å²) in [5.41, 5.74) is 7.12. The van der Waals surface area contributed by atoms with Crippen LogP contribution in [0, 0.1) is 0 Å². The van der Waals surface area contributed by atoms with Gasteiger partial charge < -0.3 is 0 Å². The normalized spacial score (nSPS) is 12.4. The molecule has 3 rings (SSSR count). The Morgan fingerprint density at radius 1 is 0.537 bits per heavy atom. The van der Waals surface area contributed by atoms with E-state index in [0.29, 0.717) is 16.7 Å². The monoisotopic (exact) mass is 638 g/mol. The molecule has 0 aliphatic carbocycles. The van der Waals surface area contributed by atoms with Crippen LogP contribution in [0.3, 0.4) is 0 Å². The molecule has 218 valence electrons. The molecule has 0 spiro atoms. The topological polar surface area (TPSA) is 176 Å². The summed E-state index contributed by atoms with van der Waals surface area (Å²) in [6.45, 7) is 0. The molecular formula is C25H27ClN6O6S3. The third kappa shape index (κ3) is 10.9. The maximum absolute atomic E-state index is 11.6. The first-order chi connectivity index (χ1) is 18.7. The Morgan fingerprint density at radius 3 is 1.12 bits per heavy atom. The Morgan fingerprint density at radius 2 is 0.829 bits per heavy atom. The van der Waals surface area contributed by atoms with Crippen LogP contribution in [0.25, 0.3) is 0 Å². The minimum atomic E-state index is -3.32. The van der Waals surface area contributed by atoms with Crippen LogP contribution in [0.1, 0.15) is 16.7 Å². The molecule has 0 aliphatic heterocycles. The summed E-state index contributed by atoms with van der Waals surface area (Å²) in [7, 11) is -9.96. The SMILES string of the molecule is CS(=O)(=O)c1ccc(C=NN=C(NN=Cc2ccc(S(C)(=O)=O)cc2)NN=Cc2ccc(S(C)(=O)=O)cc2)cc1.Cl. The Balaban J connectivity index is 0.00000588. The van der Waals surface area contributed by atoms with E-state index < -0.39 is 29.5 Å². The van der Waals surface area contributed by atoms with E-state index in [2.05, 4.69) is 31.3 Å². The van der Waals surface area contributed by atoms with Crippen molar-refractivity contribution in [3.8, 4) is 0 Å². The van der Waals surface area contributed by atoms with Crippen molar-refractivity contribution in [2.75, 3.05) is 18.8 Å². The van der Waals surface area contributed by atoms with E-state index in [9.17, 15) is 25.3 Å². The summed E-state index contributed by atoms with van der Waals surface area (Å²) in [5, 5.41) is 16.1. The number of rotatable bonds is 9. The van der Waals surface area contributed by atoms with E-state index in [1.807, 2.05) is 0 Å². The fourth-order valence-corrected chi connectivity index (χ4v) is 4.85. The lowest BCUT2D eigenvalue weighted by atomic mass is 10.2. The van der Waals surface area contributed by atoms with Gasteiger partial charge in [0.25, 0.3) is 5.96 Å². The third-order valence-corrected chi connectivity index (χ3v) is 8.44. The molecule has 0 fully saturated rings. The van der Waals surface area contributed by atoms with E-state index in [4.69, 9.17) is 0 Å². The predicted octanol–water partition coefficient (Wildman–Crippen LogP) is 2.26. The highest BCUT2D eigenvalue weighted by atomic mass is 35.5. The van der Waals surface area contributed by atoms with Crippen molar-refractivity contribution in [3.05, 3.63) is 89.5 Å². The molecule has 12 nitrogen and oxygen atoms in total. The molecule has 0 saturated carbocycles. The fourth-order valence-electron chi connectivity index (χ4n) is 2.96. The average Bonchev–Trinajstić information content (AvgIpc) is 2.88. The minimum absolute atomic E-state index is 0. The lowest BCUT2D eigenvalue weighted by molar-refractivity contribution is 0.600. The maximum atomic E-state index is 11.6. The lowest BCUT2D eigenvalue weighted by Crippen LogP contribution is -2.30. The maximum Gasteiger partial charge on any atom is 0.257 e. The van der Waals surface area contributed by atoms with Crippen LogP contribution in [0.5, 0.6) is 0 Å². The number of hydrazone groups is 2. The number of guanidine groups is 1. The standard InChI is InChI=1S/C25H26N6O6S3.ClH/c1-38(32,33)22-10-4-19(5-11-22)16-26-29-25(30-27-17-20-6-12-23(13-7-20)39(2,34)35)31-28-18-21-8-14-24(15-9-21)40(3,36)37;/h4-18H,1-3H3,(H2,29,30,31);1H. The molecule has 0 aromatic heterocycles. The first kappa shape index (κ1) is 33.3. The molecule has 0 atom stereocenters. The van der Waals surface area contributed by atoms with Crippen LogP contribution in [-0.4, -0.2) is 68.6 Å². The lowest BCUT2D eigenvalue weighted by Gasteiger charge is -2.03. The van der Waals surface area contributed by atoms with Crippen molar-refractivity contribution in [1.82, 2.24) is 10.9 Å². The predicted molar refractivity (Wildman–Crippen MR) is 162 cm³/mol. The van der Waals surface area contributed by atoms with Gasteiger partial charge in [-0.05, 0) is 53.1 Å². The molecule has 0 heterocycles. The Labute approximate surface area is 245 Å². The molecule has 0 bridgehead atoms. The van der Waals surface area contributed by atoms with Crippen molar-refractivity contribution in [3.63, 3.8) is 0 Å². The second-order valence-corrected chi connectivity index (χ2v) is 14.5. The van der Waals surface area contributed by atoms with Crippen molar-refractivity contribution < 1.29 is 25.3 Å². The number of halogens is 1. The number of hydrogen-bond donors (Lipinski definition) is 2. The van der Waals surface area contributed by atoms with Gasteiger partial charge in [-0.15, -0.1) is 17.5 Å². The van der Waals surface area contributed by atoms with Gasteiger partial charge in [-0.1, -0.05) is 36.4 Å². The Kier molecular flexibility index (Phi) is 11.5. The van der Waals surface area contributed by atoms with Gasteiger partial charge in [0.2, 0.25) is 0 Å². The summed E-state index contributed by atoms with van der Waals surface area (Å²) < 4.78 is 69.7. The zero-order chi connectivity index (χ0) is 29.4. The second-order valence-electron chi connectivity index (χ2n) is 8.46. The molecule has 16 heteroatoms. The highest BCUT2D eigenvalue weighted by Gasteiger charge is 2.07. The molecule has 0 saturated heterocycles. The van der Waals surface area contributed by atoms with Crippen molar-refractivity contribution >= 4 is 66.5 Å². The molecule has 3 aromatic rings. The van der Waals surface area contributed by atoms with Crippen LogP contribution < -0.4 is 10.9 Å². The van der Waals surface area contributed by atoms with Gasteiger partial charge in [-0.3, -0.25) is 0 Å². The smallest absolute Gasteiger partial charge is 0.244 e. The summed E-state index contributed by atoms with van der Waals surface area (Å²) in [6, 6.07) is 18.2. The van der Waals surface area contributed by atoms with Crippen molar-refractivity contribution in [1.29, 1.82) is 0 Å². The Hall–Kier alpha value is -3.92. The van der Waals surface area contributed by atoms with Crippen LogP contribution in [0.2, 0.25) is 0 Å².